The maximum absolute atomic E-state index is 13.4. The Morgan fingerprint density at radius 2 is 2.19 bits per heavy atom. The minimum Gasteiger partial charge on any atom is -0.493 e. The van der Waals surface area contributed by atoms with Crippen LogP contribution in [0.15, 0.2) is 42.7 Å². The Balaban J connectivity index is 1.92. The van der Waals surface area contributed by atoms with E-state index < -0.39 is 0 Å². The third kappa shape index (κ3) is 5.16. The molecule has 0 aliphatic heterocycles. The van der Waals surface area contributed by atoms with Crippen molar-refractivity contribution in [1.29, 1.82) is 0 Å². The predicted octanol–water partition coefficient (Wildman–Crippen LogP) is 3.34. The Morgan fingerprint density at radius 1 is 1.29 bits per heavy atom. The van der Waals surface area contributed by atoms with Gasteiger partial charge >= 0.3 is 0 Å². The Bertz CT molecular complexity index is 546. The maximum Gasteiger partial charge on any atom is 0.123 e. The van der Waals surface area contributed by atoms with E-state index in [0.717, 1.165) is 36.3 Å². The summed E-state index contributed by atoms with van der Waals surface area (Å²) in [6, 6.07) is 8.59. The van der Waals surface area contributed by atoms with Gasteiger partial charge in [0, 0.05) is 30.9 Å². The number of halogens is 1. The highest BCUT2D eigenvalue weighted by Gasteiger charge is 2.05. The van der Waals surface area contributed by atoms with Crippen LogP contribution in [0.4, 0.5) is 4.39 Å². The minimum absolute atomic E-state index is 0.233. The number of benzene rings is 1. The maximum atomic E-state index is 13.4. The summed E-state index contributed by atoms with van der Waals surface area (Å²) in [6.45, 7) is 4.18. The molecule has 0 amide bonds. The van der Waals surface area contributed by atoms with E-state index in [2.05, 4.69) is 17.2 Å². The molecule has 0 spiro atoms. The molecule has 0 saturated heterocycles. The van der Waals surface area contributed by atoms with E-state index in [0.29, 0.717) is 13.2 Å². The molecule has 2 aromatic rings. The van der Waals surface area contributed by atoms with Crippen molar-refractivity contribution in [1.82, 2.24) is 10.3 Å². The topological polar surface area (TPSA) is 34.1 Å². The monoisotopic (exact) mass is 288 g/mol. The van der Waals surface area contributed by atoms with Gasteiger partial charge in [-0.25, -0.2) is 4.39 Å². The molecule has 0 atom stereocenters. The van der Waals surface area contributed by atoms with Gasteiger partial charge in [0.1, 0.15) is 11.6 Å². The van der Waals surface area contributed by atoms with Crippen molar-refractivity contribution < 1.29 is 9.13 Å². The van der Waals surface area contributed by atoms with Crippen LogP contribution in [0.25, 0.3) is 0 Å². The summed E-state index contributed by atoms with van der Waals surface area (Å²) in [5.41, 5.74) is 1.99. The van der Waals surface area contributed by atoms with Crippen molar-refractivity contribution in [3.63, 3.8) is 0 Å². The molecule has 1 aromatic carbocycles. The summed E-state index contributed by atoms with van der Waals surface area (Å²) in [5.74, 6) is 0.506. The first kappa shape index (κ1) is 15.4. The van der Waals surface area contributed by atoms with Crippen LogP contribution in [0, 0.1) is 5.82 Å². The van der Waals surface area contributed by atoms with Crippen molar-refractivity contribution in [3.05, 3.63) is 59.7 Å². The second-order valence-electron chi connectivity index (χ2n) is 4.89. The number of rotatable bonds is 8. The largest absolute Gasteiger partial charge is 0.493 e. The number of hydrogen-bond acceptors (Lipinski definition) is 3. The highest BCUT2D eigenvalue weighted by atomic mass is 19.1. The van der Waals surface area contributed by atoms with Gasteiger partial charge in [-0.1, -0.05) is 13.0 Å². The summed E-state index contributed by atoms with van der Waals surface area (Å²) < 4.78 is 19.1. The molecule has 2 rings (SSSR count). The second kappa shape index (κ2) is 8.37. The van der Waals surface area contributed by atoms with Crippen LogP contribution in [0.2, 0.25) is 0 Å². The van der Waals surface area contributed by atoms with Gasteiger partial charge in [0.15, 0.2) is 0 Å². The molecule has 112 valence electrons. The first-order valence-corrected chi connectivity index (χ1v) is 7.30. The van der Waals surface area contributed by atoms with E-state index in [4.69, 9.17) is 4.74 Å². The molecule has 0 bridgehead atoms. The van der Waals surface area contributed by atoms with Crippen LogP contribution in [-0.2, 0) is 13.0 Å². The van der Waals surface area contributed by atoms with Gasteiger partial charge in [-0.15, -0.1) is 0 Å². The van der Waals surface area contributed by atoms with Crippen LogP contribution in [-0.4, -0.2) is 18.1 Å². The fraction of sp³-hybridized carbons (Fsp3) is 0.353. The van der Waals surface area contributed by atoms with Gasteiger partial charge in [0.2, 0.25) is 0 Å². The zero-order valence-electron chi connectivity index (χ0n) is 12.3. The van der Waals surface area contributed by atoms with Crippen LogP contribution in [0.3, 0.4) is 0 Å². The van der Waals surface area contributed by atoms with Crippen LogP contribution >= 0.6 is 0 Å². The number of pyridine rings is 1. The van der Waals surface area contributed by atoms with Crippen molar-refractivity contribution in [3.8, 4) is 5.75 Å². The van der Waals surface area contributed by atoms with Crippen LogP contribution in [0.1, 0.15) is 24.5 Å². The number of ether oxygens (including phenoxy) is 1. The second-order valence-corrected chi connectivity index (χ2v) is 4.89. The van der Waals surface area contributed by atoms with E-state index in [1.165, 1.54) is 12.1 Å². The smallest absolute Gasteiger partial charge is 0.123 e. The fourth-order valence-electron chi connectivity index (χ4n) is 2.05. The lowest BCUT2D eigenvalue weighted by atomic mass is 10.2. The molecule has 1 aromatic heterocycles. The van der Waals surface area contributed by atoms with E-state index >= 15 is 0 Å². The number of nitrogens with one attached hydrogen (secondary N) is 1. The Kier molecular flexibility index (Phi) is 6.16. The zero-order valence-corrected chi connectivity index (χ0v) is 12.3. The summed E-state index contributed by atoms with van der Waals surface area (Å²) in [4.78, 5) is 4.07. The predicted molar refractivity (Wildman–Crippen MR) is 81.8 cm³/mol. The van der Waals surface area contributed by atoms with Gasteiger partial charge in [0.05, 0.1) is 6.61 Å². The molecule has 4 heteroatoms. The average Bonchev–Trinajstić information content (AvgIpc) is 2.51. The first-order valence-electron chi connectivity index (χ1n) is 7.30. The Hall–Kier alpha value is -1.94. The standard InChI is InChI=1S/C17H21FN2O/c1-2-8-19-13-15-11-16(18)5-6-17(15)21-10-7-14-4-3-9-20-12-14/h3-6,9,11-12,19H,2,7-8,10,13H2,1H3. The van der Waals surface area contributed by atoms with E-state index in [1.54, 1.807) is 12.3 Å². The normalized spacial score (nSPS) is 10.6. The average molecular weight is 288 g/mol. The fourth-order valence-corrected chi connectivity index (χ4v) is 2.05. The molecule has 1 N–H and O–H groups in total. The third-order valence-corrected chi connectivity index (χ3v) is 3.14. The van der Waals surface area contributed by atoms with Gasteiger partial charge in [-0.3, -0.25) is 4.98 Å². The highest BCUT2D eigenvalue weighted by Crippen LogP contribution is 2.20. The van der Waals surface area contributed by atoms with E-state index in [-0.39, 0.29) is 5.82 Å². The van der Waals surface area contributed by atoms with Gasteiger partial charge < -0.3 is 10.1 Å². The molecule has 0 aliphatic carbocycles. The van der Waals surface area contributed by atoms with Crippen molar-refractivity contribution >= 4 is 0 Å². The van der Waals surface area contributed by atoms with Gasteiger partial charge in [-0.05, 0) is 42.8 Å². The van der Waals surface area contributed by atoms with Gasteiger partial charge in [-0.2, -0.15) is 0 Å². The summed E-state index contributed by atoms with van der Waals surface area (Å²) in [7, 11) is 0. The summed E-state index contributed by atoms with van der Waals surface area (Å²) in [6.07, 6.45) is 5.42. The van der Waals surface area contributed by atoms with Crippen molar-refractivity contribution in [2.45, 2.75) is 26.3 Å². The first-order chi connectivity index (χ1) is 10.3. The SMILES string of the molecule is CCCNCc1cc(F)ccc1OCCc1cccnc1. The molecular formula is C17H21FN2O. The molecule has 0 fully saturated rings. The summed E-state index contributed by atoms with van der Waals surface area (Å²) >= 11 is 0. The molecular weight excluding hydrogens is 267 g/mol. The minimum atomic E-state index is -0.233. The number of hydrogen-bond donors (Lipinski definition) is 1. The van der Waals surface area contributed by atoms with Crippen LogP contribution < -0.4 is 10.1 Å². The van der Waals surface area contributed by atoms with Crippen molar-refractivity contribution in [2.75, 3.05) is 13.2 Å². The molecule has 0 saturated carbocycles. The van der Waals surface area contributed by atoms with Crippen molar-refractivity contribution in [2.24, 2.45) is 0 Å². The lowest BCUT2D eigenvalue weighted by molar-refractivity contribution is 0.317. The van der Waals surface area contributed by atoms with Gasteiger partial charge in [0.25, 0.3) is 0 Å². The molecule has 3 nitrogen and oxygen atoms in total. The van der Waals surface area contributed by atoms with Crippen LogP contribution in [0.5, 0.6) is 5.75 Å². The zero-order chi connectivity index (χ0) is 14.9. The Morgan fingerprint density at radius 3 is 2.95 bits per heavy atom. The van der Waals surface area contributed by atoms with E-state index in [1.807, 2.05) is 18.3 Å². The number of aromatic nitrogens is 1. The highest BCUT2D eigenvalue weighted by molar-refractivity contribution is 5.34. The lowest BCUT2D eigenvalue weighted by Crippen LogP contribution is -2.15. The number of nitrogens with zero attached hydrogens (tertiary/aromatic N) is 1. The molecule has 1 heterocycles. The quantitative estimate of drug-likeness (QED) is 0.756. The molecule has 21 heavy (non-hydrogen) atoms. The molecule has 0 aliphatic rings. The Labute approximate surface area is 125 Å². The molecule has 0 radical (unpaired) electrons. The molecule has 0 unspecified atom stereocenters. The summed E-state index contributed by atoms with van der Waals surface area (Å²) in [5, 5.41) is 3.27. The third-order valence-electron chi connectivity index (χ3n) is 3.14. The van der Waals surface area contributed by atoms with E-state index in [9.17, 15) is 4.39 Å². The lowest BCUT2D eigenvalue weighted by Gasteiger charge is -2.12.